The third-order valence-corrected chi connectivity index (χ3v) is 5.90. The number of hydrogen-bond acceptors (Lipinski definition) is 7. The Hall–Kier alpha value is -3.46. The molecule has 5 rings (SSSR count). The lowest BCUT2D eigenvalue weighted by Crippen LogP contribution is -2.28. The van der Waals surface area contributed by atoms with Gasteiger partial charge in [-0.1, -0.05) is 28.0 Å². The van der Waals surface area contributed by atoms with E-state index in [4.69, 9.17) is 20.9 Å². The Balaban J connectivity index is 1.27. The second-order valence-corrected chi connectivity index (χ2v) is 8.46. The van der Waals surface area contributed by atoms with Gasteiger partial charge in [0.2, 0.25) is 11.7 Å². The first-order valence-corrected chi connectivity index (χ1v) is 11.3. The van der Waals surface area contributed by atoms with Gasteiger partial charge in [-0.15, -0.1) is 5.10 Å². The van der Waals surface area contributed by atoms with E-state index in [2.05, 4.69) is 20.5 Å². The van der Waals surface area contributed by atoms with Crippen molar-refractivity contribution >= 4 is 28.5 Å². The maximum absolute atomic E-state index is 12.3. The summed E-state index contributed by atoms with van der Waals surface area (Å²) in [4.78, 5) is 18.7. The van der Waals surface area contributed by atoms with E-state index in [9.17, 15) is 4.79 Å². The van der Waals surface area contributed by atoms with Crippen molar-refractivity contribution in [2.24, 2.45) is 0 Å². The number of benzene rings is 2. The third-order valence-electron chi connectivity index (χ3n) is 5.67. The summed E-state index contributed by atoms with van der Waals surface area (Å²) in [7, 11) is 0. The van der Waals surface area contributed by atoms with Crippen LogP contribution in [0, 0.1) is 0 Å². The molecule has 33 heavy (non-hydrogen) atoms. The van der Waals surface area contributed by atoms with Crippen molar-refractivity contribution in [2.45, 2.75) is 38.8 Å². The Morgan fingerprint density at radius 3 is 2.88 bits per heavy atom. The molecule has 2 aromatic carbocycles. The van der Waals surface area contributed by atoms with E-state index in [1.165, 1.54) is 0 Å². The number of ether oxygens (including phenoxy) is 1. The molecule has 0 aliphatic carbocycles. The van der Waals surface area contributed by atoms with Crippen molar-refractivity contribution in [3.05, 3.63) is 53.4 Å². The van der Waals surface area contributed by atoms with Gasteiger partial charge in [-0.2, -0.15) is 4.98 Å². The molecular weight excluding hydrogens is 444 g/mol. The topological polar surface area (TPSA) is 99.2 Å². The minimum atomic E-state index is -0.442. The molecule has 170 valence electrons. The SMILES string of the molecule is C[C@H](Oc1cccc(Cl)c1)c1nc(-c2ccc3c(c2)nnn3CCC(=O)N2CCCC2)no1. The highest BCUT2D eigenvalue weighted by Gasteiger charge is 2.20. The van der Waals surface area contributed by atoms with Gasteiger partial charge in [-0.25, -0.2) is 4.68 Å². The summed E-state index contributed by atoms with van der Waals surface area (Å²) in [5.74, 6) is 1.58. The predicted octanol–water partition coefficient (Wildman–Crippen LogP) is 4.29. The van der Waals surface area contributed by atoms with Crippen LogP contribution < -0.4 is 4.74 Å². The fraction of sp³-hybridized carbons (Fsp3) is 0.348. The number of carbonyl (C=O) groups excluding carboxylic acids is 1. The number of nitrogens with zero attached hydrogens (tertiary/aromatic N) is 6. The van der Waals surface area contributed by atoms with Crippen LogP contribution in [-0.2, 0) is 11.3 Å². The summed E-state index contributed by atoms with van der Waals surface area (Å²) in [6, 6.07) is 12.8. The molecule has 0 unspecified atom stereocenters. The molecule has 3 heterocycles. The monoisotopic (exact) mass is 466 g/mol. The van der Waals surface area contributed by atoms with Crippen molar-refractivity contribution in [2.75, 3.05) is 13.1 Å². The summed E-state index contributed by atoms with van der Waals surface area (Å²) in [6.07, 6.45) is 2.15. The smallest absolute Gasteiger partial charge is 0.267 e. The number of hydrogen-bond donors (Lipinski definition) is 0. The number of likely N-dealkylation sites (tertiary alicyclic amines) is 1. The van der Waals surface area contributed by atoms with E-state index < -0.39 is 6.10 Å². The molecule has 9 nitrogen and oxygen atoms in total. The molecule has 1 aliphatic rings. The normalized spacial score (nSPS) is 14.7. The first-order valence-electron chi connectivity index (χ1n) is 10.9. The van der Waals surface area contributed by atoms with Crippen LogP contribution in [0.3, 0.4) is 0 Å². The molecule has 1 atom stereocenters. The summed E-state index contributed by atoms with van der Waals surface area (Å²) in [5, 5.41) is 13.1. The number of halogens is 1. The Kier molecular flexibility index (Phi) is 5.95. The quantitative estimate of drug-likeness (QED) is 0.400. The molecule has 0 radical (unpaired) electrons. The minimum Gasteiger partial charge on any atom is -0.481 e. The molecule has 0 saturated carbocycles. The van der Waals surface area contributed by atoms with Crippen LogP contribution >= 0.6 is 11.6 Å². The number of aromatic nitrogens is 5. The third kappa shape index (κ3) is 4.68. The van der Waals surface area contributed by atoms with Gasteiger partial charge >= 0.3 is 0 Å². The second-order valence-electron chi connectivity index (χ2n) is 8.03. The predicted molar refractivity (Wildman–Crippen MR) is 122 cm³/mol. The molecule has 4 aromatic rings. The standard InChI is InChI=1S/C23H23ClN6O3/c1-15(32-18-6-4-5-17(24)14-18)23-25-22(27-33-23)16-7-8-20-19(13-16)26-28-30(20)12-9-21(31)29-10-2-3-11-29/h4-8,13-15H,2-3,9-12H2,1H3/t15-/m0/s1. The zero-order chi connectivity index (χ0) is 22.8. The summed E-state index contributed by atoms with van der Waals surface area (Å²) < 4.78 is 13.0. The fourth-order valence-corrected chi connectivity index (χ4v) is 4.10. The lowest BCUT2D eigenvalue weighted by Gasteiger charge is -2.14. The molecule has 10 heteroatoms. The van der Waals surface area contributed by atoms with E-state index in [0.717, 1.165) is 37.0 Å². The van der Waals surface area contributed by atoms with Gasteiger partial charge in [0.15, 0.2) is 6.10 Å². The maximum Gasteiger partial charge on any atom is 0.267 e. The average molecular weight is 467 g/mol. The van der Waals surface area contributed by atoms with Crippen molar-refractivity contribution in [3.8, 4) is 17.1 Å². The van der Waals surface area contributed by atoms with E-state index >= 15 is 0 Å². The van der Waals surface area contributed by atoms with Gasteiger partial charge < -0.3 is 14.2 Å². The van der Waals surface area contributed by atoms with Gasteiger partial charge in [-0.05, 0) is 56.2 Å². The van der Waals surface area contributed by atoms with Crippen LogP contribution in [0.5, 0.6) is 5.75 Å². The number of rotatable bonds is 7. The minimum absolute atomic E-state index is 0.168. The largest absolute Gasteiger partial charge is 0.481 e. The molecular formula is C23H23ClN6O3. The highest BCUT2D eigenvalue weighted by atomic mass is 35.5. The van der Waals surface area contributed by atoms with Gasteiger partial charge in [0.25, 0.3) is 5.89 Å². The number of carbonyl (C=O) groups is 1. The molecule has 1 saturated heterocycles. The molecule has 1 amide bonds. The molecule has 0 bridgehead atoms. The van der Waals surface area contributed by atoms with Crippen molar-refractivity contribution in [1.29, 1.82) is 0 Å². The van der Waals surface area contributed by atoms with Crippen LogP contribution in [0.1, 0.15) is 38.2 Å². The first kappa shape index (κ1) is 21.4. The maximum atomic E-state index is 12.3. The van der Waals surface area contributed by atoms with E-state index in [0.29, 0.717) is 41.0 Å². The Morgan fingerprint density at radius 1 is 1.21 bits per heavy atom. The summed E-state index contributed by atoms with van der Waals surface area (Å²) in [5.41, 5.74) is 2.32. The van der Waals surface area contributed by atoms with E-state index in [1.807, 2.05) is 42.2 Å². The highest BCUT2D eigenvalue weighted by Crippen LogP contribution is 2.26. The zero-order valence-corrected chi connectivity index (χ0v) is 18.9. The highest BCUT2D eigenvalue weighted by molar-refractivity contribution is 6.30. The van der Waals surface area contributed by atoms with Crippen LogP contribution in [0.25, 0.3) is 22.4 Å². The lowest BCUT2D eigenvalue weighted by atomic mass is 10.2. The molecule has 0 N–H and O–H groups in total. The lowest BCUT2D eigenvalue weighted by molar-refractivity contribution is -0.130. The van der Waals surface area contributed by atoms with Crippen LogP contribution in [0.15, 0.2) is 47.0 Å². The van der Waals surface area contributed by atoms with Crippen molar-refractivity contribution in [3.63, 3.8) is 0 Å². The van der Waals surface area contributed by atoms with Gasteiger partial charge in [0, 0.05) is 30.1 Å². The van der Waals surface area contributed by atoms with Gasteiger partial charge in [-0.3, -0.25) is 4.79 Å². The van der Waals surface area contributed by atoms with Gasteiger partial charge in [0.05, 0.1) is 12.1 Å². The van der Waals surface area contributed by atoms with Crippen LogP contribution in [0.2, 0.25) is 5.02 Å². The Labute approximate surface area is 195 Å². The molecule has 0 spiro atoms. The van der Waals surface area contributed by atoms with Crippen LogP contribution in [-0.4, -0.2) is 49.0 Å². The Morgan fingerprint density at radius 2 is 2.06 bits per heavy atom. The van der Waals surface area contributed by atoms with Crippen molar-refractivity contribution < 1.29 is 14.1 Å². The summed E-state index contributed by atoms with van der Waals surface area (Å²) in [6.45, 7) is 4.04. The average Bonchev–Trinajstić information content (AvgIpc) is 3.58. The van der Waals surface area contributed by atoms with Crippen LogP contribution in [0.4, 0.5) is 0 Å². The second kappa shape index (κ2) is 9.19. The first-order chi connectivity index (χ1) is 16.1. The number of fused-ring (bicyclic) bond motifs is 1. The van der Waals surface area contributed by atoms with Gasteiger partial charge in [0.1, 0.15) is 11.3 Å². The number of amides is 1. The van der Waals surface area contributed by atoms with Crippen molar-refractivity contribution in [1.82, 2.24) is 30.0 Å². The summed E-state index contributed by atoms with van der Waals surface area (Å²) >= 11 is 6.01. The number of aryl methyl sites for hydroxylation is 1. The molecule has 2 aromatic heterocycles. The van der Waals surface area contributed by atoms with E-state index in [1.54, 1.807) is 16.8 Å². The molecule has 1 aliphatic heterocycles. The van der Waals surface area contributed by atoms with E-state index in [-0.39, 0.29) is 5.91 Å². The zero-order valence-electron chi connectivity index (χ0n) is 18.1. The fourth-order valence-electron chi connectivity index (χ4n) is 3.92. The Bertz CT molecular complexity index is 1280. The molecule has 1 fully saturated rings.